The number of hydrogen-bond acceptors (Lipinski definition) is 2. The molecule has 1 atom stereocenters. The van der Waals surface area contributed by atoms with Gasteiger partial charge in [-0.3, -0.25) is 4.79 Å². The minimum atomic E-state index is 0.174. The maximum Gasteiger partial charge on any atom is 0.219 e. The summed E-state index contributed by atoms with van der Waals surface area (Å²) in [6.45, 7) is 3.36. The highest BCUT2D eigenvalue weighted by Crippen LogP contribution is 2.27. The summed E-state index contributed by atoms with van der Waals surface area (Å²) in [6.07, 6.45) is 1.06. The number of nitrogens with zero attached hydrogens (tertiary/aromatic N) is 1. The van der Waals surface area contributed by atoms with Gasteiger partial charge < -0.3 is 10.6 Å². The van der Waals surface area contributed by atoms with E-state index in [9.17, 15) is 4.79 Å². The van der Waals surface area contributed by atoms with Crippen molar-refractivity contribution in [2.24, 2.45) is 0 Å². The SMILES string of the molecule is CC(=O)N1CC[C@H](c2ccc(N)cc2)C1. The topological polar surface area (TPSA) is 46.3 Å². The third-order valence-corrected chi connectivity index (χ3v) is 3.04. The lowest BCUT2D eigenvalue weighted by atomic mass is 9.98. The second kappa shape index (κ2) is 3.93. The van der Waals surface area contributed by atoms with Crippen molar-refractivity contribution in [2.75, 3.05) is 18.8 Å². The van der Waals surface area contributed by atoms with E-state index in [1.165, 1.54) is 5.56 Å². The molecule has 0 aliphatic carbocycles. The number of rotatable bonds is 1. The van der Waals surface area contributed by atoms with Crippen molar-refractivity contribution in [1.29, 1.82) is 0 Å². The van der Waals surface area contributed by atoms with E-state index < -0.39 is 0 Å². The molecule has 0 unspecified atom stereocenters. The van der Waals surface area contributed by atoms with Crippen molar-refractivity contribution in [3.8, 4) is 0 Å². The molecule has 0 spiro atoms. The Bertz CT molecular complexity index is 358. The molecule has 3 nitrogen and oxygen atoms in total. The van der Waals surface area contributed by atoms with Crippen LogP contribution in [0, 0.1) is 0 Å². The van der Waals surface area contributed by atoms with Gasteiger partial charge in [-0.1, -0.05) is 12.1 Å². The Hall–Kier alpha value is -1.51. The Labute approximate surface area is 89.9 Å². The normalized spacial score (nSPS) is 20.6. The molecule has 1 aliphatic rings. The molecule has 1 aromatic rings. The van der Waals surface area contributed by atoms with E-state index in [0.717, 1.165) is 25.2 Å². The van der Waals surface area contributed by atoms with Gasteiger partial charge in [0.25, 0.3) is 0 Å². The molecule has 0 radical (unpaired) electrons. The molecule has 0 saturated carbocycles. The number of anilines is 1. The number of nitrogen functional groups attached to an aromatic ring is 1. The third-order valence-electron chi connectivity index (χ3n) is 3.04. The maximum absolute atomic E-state index is 11.2. The van der Waals surface area contributed by atoms with Crippen LogP contribution in [0.5, 0.6) is 0 Å². The average Bonchev–Trinajstić information content (AvgIpc) is 2.68. The largest absolute Gasteiger partial charge is 0.399 e. The molecule has 80 valence electrons. The van der Waals surface area contributed by atoms with Crippen molar-refractivity contribution in [2.45, 2.75) is 19.3 Å². The van der Waals surface area contributed by atoms with Gasteiger partial charge >= 0.3 is 0 Å². The van der Waals surface area contributed by atoms with Crippen LogP contribution in [0.15, 0.2) is 24.3 Å². The molecule has 1 amide bonds. The molecule has 1 aliphatic heterocycles. The highest BCUT2D eigenvalue weighted by Gasteiger charge is 2.24. The lowest BCUT2D eigenvalue weighted by Crippen LogP contribution is -2.25. The summed E-state index contributed by atoms with van der Waals surface area (Å²) in [6, 6.07) is 7.96. The number of benzene rings is 1. The summed E-state index contributed by atoms with van der Waals surface area (Å²) in [5.41, 5.74) is 7.71. The molecule has 1 heterocycles. The zero-order valence-corrected chi connectivity index (χ0v) is 8.94. The number of hydrogen-bond donors (Lipinski definition) is 1. The minimum Gasteiger partial charge on any atom is -0.399 e. The highest BCUT2D eigenvalue weighted by molar-refractivity contribution is 5.73. The summed E-state index contributed by atoms with van der Waals surface area (Å²) in [5.74, 6) is 0.655. The lowest BCUT2D eigenvalue weighted by molar-refractivity contribution is -0.127. The van der Waals surface area contributed by atoms with E-state index >= 15 is 0 Å². The molecular formula is C12H16N2O. The number of carbonyl (C=O) groups excluding carboxylic acids is 1. The summed E-state index contributed by atoms with van der Waals surface area (Å²) in [4.78, 5) is 13.1. The van der Waals surface area contributed by atoms with E-state index in [2.05, 4.69) is 12.1 Å². The van der Waals surface area contributed by atoms with Crippen LogP contribution in [0.3, 0.4) is 0 Å². The molecule has 15 heavy (non-hydrogen) atoms. The van der Waals surface area contributed by atoms with Gasteiger partial charge in [-0.15, -0.1) is 0 Å². The van der Waals surface area contributed by atoms with Crippen LogP contribution in [-0.4, -0.2) is 23.9 Å². The van der Waals surface area contributed by atoms with E-state index in [-0.39, 0.29) is 5.91 Å². The first kappa shape index (κ1) is 10.0. The van der Waals surface area contributed by atoms with Gasteiger partial charge in [-0.05, 0) is 24.1 Å². The van der Waals surface area contributed by atoms with Crippen LogP contribution < -0.4 is 5.73 Å². The van der Waals surface area contributed by atoms with Gasteiger partial charge in [0, 0.05) is 31.6 Å². The van der Waals surface area contributed by atoms with Crippen LogP contribution in [0.25, 0.3) is 0 Å². The fourth-order valence-electron chi connectivity index (χ4n) is 2.09. The highest BCUT2D eigenvalue weighted by atomic mass is 16.2. The molecule has 0 bridgehead atoms. The molecule has 1 aromatic carbocycles. The first-order chi connectivity index (χ1) is 7.16. The van der Waals surface area contributed by atoms with Gasteiger partial charge in [0.2, 0.25) is 5.91 Å². The van der Waals surface area contributed by atoms with E-state index in [4.69, 9.17) is 5.73 Å². The molecule has 2 rings (SSSR count). The van der Waals surface area contributed by atoms with E-state index in [1.807, 2.05) is 17.0 Å². The number of likely N-dealkylation sites (tertiary alicyclic amines) is 1. The van der Waals surface area contributed by atoms with Crippen molar-refractivity contribution < 1.29 is 4.79 Å². The first-order valence-corrected chi connectivity index (χ1v) is 5.28. The van der Waals surface area contributed by atoms with Crippen molar-refractivity contribution in [3.05, 3.63) is 29.8 Å². The molecule has 1 fully saturated rings. The van der Waals surface area contributed by atoms with Crippen molar-refractivity contribution in [1.82, 2.24) is 4.90 Å². The quantitative estimate of drug-likeness (QED) is 0.706. The monoisotopic (exact) mass is 204 g/mol. The van der Waals surface area contributed by atoms with Crippen LogP contribution in [0.4, 0.5) is 5.69 Å². The summed E-state index contributed by atoms with van der Waals surface area (Å²) < 4.78 is 0. The fraction of sp³-hybridized carbons (Fsp3) is 0.417. The third kappa shape index (κ3) is 2.12. The van der Waals surface area contributed by atoms with E-state index in [1.54, 1.807) is 6.92 Å². The van der Waals surface area contributed by atoms with Gasteiger partial charge in [0.15, 0.2) is 0 Å². The van der Waals surface area contributed by atoms with Gasteiger partial charge in [-0.25, -0.2) is 0 Å². The predicted molar refractivity (Wildman–Crippen MR) is 60.5 cm³/mol. The van der Waals surface area contributed by atoms with Crippen LogP contribution >= 0.6 is 0 Å². The summed E-state index contributed by atoms with van der Waals surface area (Å²) in [7, 11) is 0. The predicted octanol–water partition coefficient (Wildman–Crippen LogP) is 1.60. The van der Waals surface area contributed by atoms with Gasteiger partial charge in [0.1, 0.15) is 0 Å². The Morgan fingerprint density at radius 3 is 2.60 bits per heavy atom. The smallest absolute Gasteiger partial charge is 0.219 e. The van der Waals surface area contributed by atoms with Crippen LogP contribution in [-0.2, 0) is 4.79 Å². The van der Waals surface area contributed by atoms with Crippen LogP contribution in [0.1, 0.15) is 24.8 Å². The summed E-state index contributed by atoms with van der Waals surface area (Å²) >= 11 is 0. The van der Waals surface area contributed by atoms with Crippen LogP contribution in [0.2, 0.25) is 0 Å². The first-order valence-electron chi connectivity index (χ1n) is 5.28. The molecular weight excluding hydrogens is 188 g/mol. The maximum atomic E-state index is 11.2. The standard InChI is InChI=1S/C12H16N2O/c1-9(15)14-7-6-11(8-14)10-2-4-12(13)5-3-10/h2-5,11H,6-8,13H2,1H3/t11-/m0/s1. The second-order valence-corrected chi connectivity index (χ2v) is 4.12. The van der Waals surface area contributed by atoms with Gasteiger partial charge in [0.05, 0.1) is 0 Å². The van der Waals surface area contributed by atoms with Gasteiger partial charge in [-0.2, -0.15) is 0 Å². The second-order valence-electron chi connectivity index (χ2n) is 4.12. The number of carbonyl (C=O) groups is 1. The molecule has 3 heteroatoms. The average molecular weight is 204 g/mol. The Morgan fingerprint density at radius 2 is 2.07 bits per heavy atom. The fourth-order valence-corrected chi connectivity index (χ4v) is 2.09. The Morgan fingerprint density at radius 1 is 1.40 bits per heavy atom. The number of amides is 1. The van der Waals surface area contributed by atoms with E-state index in [0.29, 0.717) is 5.92 Å². The Kier molecular flexibility index (Phi) is 2.62. The molecule has 0 aromatic heterocycles. The zero-order valence-electron chi connectivity index (χ0n) is 8.94. The lowest BCUT2D eigenvalue weighted by Gasteiger charge is -2.14. The minimum absolute atomic E-state index is 0.174. The zero-order chi connectivity index (χ0) is 10.8. The molecule has 1 saturated heterocycles. The number of nitrogens with two attached hydrogens (primary N) is 1. The summed E-state index contributed by atoms with van der Waals surface area (Å²) in [5, 5.41) is 0. The molecule has 2 N–H and O–H groups in total. The Balaban J connectivity index is 2.07. The van der Waals surface area contributed by atoms with Crippen molar-refractivity contribution in [3.63, 3.8) is 0 Å². The van der Waals surface area contributed by atoms with Crippen molar-refractivity contribution >= 4 is 11.6 Å².